The lowest BCUT2D eigenvalue weighted by atomic mass is 10.0. The monoisotopic (exact) mass is 595 g/mol. The van der Waals surface area contributed by atoms with Crippen LogP contribution in [0.25, 0.3) is 10.8 Å². The summed E-state index contributed by atoms with van der Waals surface area (Å²) in [5.41, 5.74) is 18.7. The number of carbonyl (C=O) groups is 3. The van der Waals surface area contributed by atoms with Crippen LogP contribution in [-0.4, -0.2) is 60.9 Å². The van der Waals surface area contributed by atoms with Crippen molar-refractivity contribution in [1.82, 2.24) is 10.2 Å². The first-order valence-electron chi connectivity index (χ1n) is 12.0. The van der Waals surface area contributed by atoms with Crippen molar-refractivity contribution < 1.29 is 51.6 Å². The van der Waals surface area contributed by atoms with Crippen molar-refractivity contribution >= 4 is 34.2 Å². The maximum Gasteiger partial charge on any atom is 0.247 e. The lowest BCUT2D eigenvalue weighted by Gasteiger charge is -2.24. The van der Waals surface area contributed by atoms with Gasteiger partial charge in [0, 0.05) is 38.3 Å². The third kappa shape index (κ3) is 11.0. The summed E-state index contributed by atoms with van der Waals surface area (Å²) in [4.78, 5) is 40.2. The van der Waals surface area contributed by atoms with Crippen LogP contribution in [-0.2, 0) is 20.8 Å². The fourth-order valence-electron chi connectivity index (χ4n) is 3.92. The van der Waals surface area contributed by atoms with Gasteiger partial charge >= 0.3 is 0 Å². The third-order valence-electron chi connectivity index (χ3n) is 5.81. The molecule has 0 saturated carbocycles. The van der Waals surface area contributed by atoms with Crippen molar-refractivity contribution in [2.75, 3.05) is 31.5 Å². The van der Waals surface area contributed by atoms with Gasteiger partial charge in [0.15, 0.2) is 0 Å². The first kappa shape index (κ1) is 36.1. The Morgan fingerprint density at radius 1 is 0.769 bits per heavy atom. The summed E-state index contributed by atoms with van der Waals surface area (Å²) in [5.74, 6) is -1.28. The van der Waals surface area contributed by atoms with Gasteiger partial charge in [-0.1, -0.05) is 60.7 Å². The highest BCUT2D eigenvalue weighted by atomic mass is 35.5. The molecule has 0 aromatic heterocycles. The Balaban J connectivity index is 0.00000481. The topological polar surface area (TPSA) is 157 Å². The van der Waals surface area contributed by atoms with Gasteiger partial charge in [0.1, 0.15) is 6.04 Å². The van der Waals surface area contributed by atoms with E-state index < -0.39 is 18.0 Å². The molecule has 0 unspecified atom stereocenters. The highest BCUT2D eigenvalue weighted by Crippen LogP contribution is 2.19. The van der Waals surface area contributed by atoms with Crippen LogP contribution in [0.15, 0.2) is 72.8 Å². The number of carbonyl (C=O) groups excluding carboxylic acids is 3. The molecule has 3 amide bonds. The second-order valence-electron chi connectivity index (χ2n) is 8.57. The molecule has 0 radical (unpaired) electrons. The molecule has 0 bridgehead atoms. The molecule has 3 aromatic carbocycles. The average molecular weight is 597 g/mol. The molecule has 8 N–H and O–H groups in total. The van der Waals surface area contributed by atoms with Crippen LogP contribution in [0.1, 0.15) is 12.0 Å². The molecule has 9 nitrogen and oxygen atoms in total. The van der Waals surface area contributed by atoms with E-state index >= 15 is 0 Å². The van der Waals surface area contributed by atoms with Gasteiger partial charge in [-0.05, 0) is 28.5 Å². The van der Waals surface area contributed by atoms with Crippen molar-refractivity contribution in [1.29, 1.82) is 0 Å². The second kappa shape index (κ2) is 18.4. The van der Waals surface area contributed by atoms with E-state index in [1.54, 1.807) is 0 Å². The highest BCUT2D eigenvalue weighted by Gasteiger charge is 2.27. The lowest BCUT2D eigenvalue weighted by molar-refractivity contribution is -0.134. The Bertz CT molecular complexity index is 1180. The molecule has 0 aliphatic carbocycles. The molecule has 0 aliphatic heterocycles. The zero-order chi connectivity index (χ0) is 25.9. The summed E-state index contributed by atoms with van der Waals surface area (Å²) in [6, 6.07) is 20.8. The predicted octanol–water partition coefficient (Wildman–Crippen LogP) is -8.02. The number of anilines is 1. The Morgan fingerprint density at radius 2 is 1.36 bits per heavy atom. The number of hydrogen-bond donors (Lipinski definition) is 5. The van der Waals surface area contributed by atoms with E-state index in [0.717, 1.165) is 16.3 Å². The molecule has 0 aliphatic rings. The molecule has 0 spiro atoms. The predicted molar refractivity (Wildman–Crippen MR) is 142 cm³/mol. The van der Waals surface area contributed by atoms with Gasteiger partial charge < -0.3 is 70.0 Å². The van der Waals surface area contributed by atoms with Crippen LogP contribution >= 0.6 is 0 Å². The molecule has 12 heteroatoms. The first-order valence-corrected chi connectivity index (χ1v) is 12.0. The van der Waals surface area contributed by atoms with Crippen LogP contribution in [0.3, 0.4) is 0 Å². The molecule has 39 heavy (non-hydrogen) atoms. The van der Waals surface area contributed by atoms with Crippen LogP contribution in [0.5, 0.6) is 0 Å². The zero-order valence-electron chi connectivity index (χ0n) is 21.4. The molecule has 214 valence electrons. The number of benzene rings is 3. The van der Waals surface area contributed by atoms with Crippen LogP contribution in [0.4, 0.5) is 5.69 Å². The number of hydrogen-bond acceptors (Lipinski definition) is 6. The van der Waals surface area contributed by atoms with Gasteiger partial charge in [0.05, 0.1) is 12.5 Å². The molecule has 3 rings (SSSR count). The van der Waals surface area contributed by atoms with Crippen molar-refractivity contribution in [3.05, 3.63) is 78.4 Å². The van der Waals surface area contributed by atoms with Crippen molar-refractivity contribution in [2.45, 2.75) is 24.9 Å². The molecular formula is C27H34Cl3N6O3-3. The average Bonchev–Trinajstić information content (AvgIpc) is 2.88. The number of fused-ring (bicyclic) bond motifs is 1. The minimum absolute atomic E-state index is 0. The largest absolute Gasteiger partial charge is 1.00 e. The van der Waals surface area contributed by atoms with Crippen LogP contribution in [0.2, 0.25) is 0 Å². The summed E-state index contributed by atoms with van der Waals surface area (Å²) in [6.45, 7) is 1.22. The summed E-state index contributed by atoms with van der Waals surface area (Å²) < 4.78 is 0. The Hall–Kier alpha value is -2.92. The van der Waals surface area contributed by atoms with Gasteiger partial charge in [-0.15, -0.1) is 0 Å². The maximum atomic E-state index is 13.2. The smallest absolute Gasteiger partial charge is 0.247 e. The molecule has 0 saturated heterocycles. The quantitative estimate of drug-likeness (QED) is 0.140. The summed E-state index contributed by atoms with van der Waals surface area (Å²) >= 11 is 0. The summed E-state index contributed by atoms with van der Waals surface area (Å²) in [5, 5.41) is 7.67. The van der Waals surface area contributed by atoms with Gasteiger partial charge in [0.25, 0.3) is 0 Å². The number of nitrogens with one attached hydrogen (secondary N) is 2. The molecule has 2 atom stereocenters. The van der Waals surface area contributed by atoms with Crippen LogP contribution in [0, 0.1) is 0 Å². The Labute approximate surface area is 247 Å². The lowest BCUT2D eigenvalue weighted by Crippen LogP contribution is -3.00. The minimum Gasteiger partial charge on any atom is -1.00 e. The van der Waals surface area contributed by atoms with E-state index in [2.05, 4.69) is 10.6 Å². The fourth-order valence-corrected chi connectivity index (χ4v) is 3.92. The van der Waals surface area contributed by atoms with Crippen LogP contribution < -0.4 is 65.1 Å². The normalized spacial score (nSPS) is 11.6. The van der Waals surface area contributed by atoms with E-state index in [4.69, 9.17) is 17.2 Å². The van der Waals surface area contributed by atoms with E-state index in [-0.39, 0.29) is 75.0 Å². The minimum atomic E-state index is -1.12. The number of nitrogens with two attached hydrogens (primary N) is 3. The molecule has 3 aromatic rings. The number of rotatable bonds is 12. The zero-order valence-corrected chi connectivity index (χ0v) is 23.6. The van der Waals surface area contributed by atoms with E-state index in [1.165, 1.54) is 4.90 Å². The Kier molecular flexibility index (Phi) is 17.0. The summed E-state index contributed by atoms with van der Waals surface area (Å²) in [7, 11) is 0. The first-order chi connectivity index (χ1) is 17.4. The second-order valence-corrected chi connectivity index (χ2v) is 8.57. The Morgan fingerprint density at radius 3 is 1.97 bits per heavy atom. The SMILES string of the molecule is NCCN(CCN)C(=O)C[C@H](N)C(=O)N[C@@H](Cc1ccccc1)C(=O)Nc1ccc2ccccc2c1.[Cl-].[Cl-].[Cl-]. The van der Waals surface area contributed by atoms with Gasteiger partial charge in [-0.3, -0.25) is 14.4 Å². The van der Waals surface area contributed by atoms with Crippen molar-refractivity contribution in [3.8, 4) is 0 Å². The summed E-state index contributed by atoms with van der Waals surface area (Å²) in [6.07, 6.45) is 0.0509. The molecule has 0 heterocycles. The highest BCUT2D eigenvalue weighted by molar-refractivity contribution is 6.00. The van der Waals surface area contributed by atoms with Gasteiger partial charge in [-0.2, -0.15) is 0 Å². The van der Waals surface area contributed by atoms with Gasteiger partial charge in [0.2, 0.25) is 17.7 Å². The van der Waals surface area contributed by atoms with Crippen molar-refractivity contribution in [2.24, 2.45) is 17.2 Å². The van der Waals surface area contributed by atoms with E-state index in [0.29, 0.717) is 18.8 Å². The van der Waals surface area contributed by atoms with Gasteiger partial charge in [-0.25, -0.2) is 0 Å². The fraction of sp³-hybridized carbons (Fsp3) is 0.296. The number of amides is 3. The van der Waals surface area contributed by atoms with E-state index in [1.807, 2.05) is 72.8 Å². The number of nitrogens with zero attached hydrogens (tertiary/aromatic N) is 1. The molecule has 0 fully saturated rings. The van der Waals surface area contributed by atoms with Crippen molar-refractivity contribution in [3.63, 3.8) is 0 Å². The number of halogens is 3. The maximum absolute atomic E-state index is 13.2. The molecular weight excluding hydrogens is 563 g/mol. The third-order valence-corrected chi connectivity index (χ3v) is 5.81. The standard InChI is InChI=1S/C27H34N6O3.3ClH/c28-12-14-33(15-13-29)25(34)18-23(30)26(35)32-24(16-19-6-2-1-3-7-19)27(36)31-22-11-10-20-8-4-5-9-21(20)17-22;;;/h1-11,17,23-24H,12-16,18,28-30H2,(H,31,36)(H,32,35);3*1H/p-3/t23-,24-;;;/m0.../s1. The van der Waals surface area contributed by atoms with E-state index in [9.17, 15) is 14.4 Å².